The summed E-state index contributed by atoms with van der Waals surface area (Å²) in [5, 5.41) is 7.82. The smallest absolute Gasteiger partial charge is 0.202 e. The van der Waals surface area contributed by atoms with Crippen molar-refractivity contribution in [2.24, 2.45) is 0 Å². The molecule has 1 aromatic rings. The lowest BCUT2D eigenvalue weighted by atomic mass is 10.2. The van der Waals surface area contributed by atoms with E-state index in [1.54, 1.807) is 0 Å². The summed E-state index contributed by atoms with van der Waals surface area (Å²) in [5.74, 6) is 0.981. The normalized spacial score (nSPS) is 20.2. The van der Waals surface area contributed by atoms with Crippen LogP contribution in [-0.2, 0) is 6.42 Å². The number of rotatable bonds is 6. The minimum absolute atomic E-state index is 0.704. The van der Waals surface area contributed by atoms with Crippen molar-refractivity contribution in [3.63, 3.8) is 0 Å². The number of nitrogens with one attached hydrogen (secondary N) is 2. The summed E-state index contributed by atoms with van der Waals surface area (Å²) in [6.45, 7) is 4.34. The van der Waals surface area contributed by atoms with Gasteiger partial charge in [-0.1, -0.05) is 6.92 Å². The highest BCUT2D eigenvalue weighted by Gasteiger charge is 2.13. The van der Waals surface area contributed by atoms with Gasteiger partial charge in [0.15, 0.2) is 0 Å². The summed E-state index contributed by atoms with van der Waals surface area (Å²) >= 11 is 1.48. The van der Waals surface area contributed by atoms with E-state index in [9.17, 15) is 0 Å². The Morgan fingerprint density at radius 3 is 3.25 bits per heavy atom. The maximum atomic E-state index is 4.44. The first kappa shape index (κ1) is 11.8. The molecular formula is C11H20N4S. The Morgan fingerprint density at radius 1 is 1.56 bits per heavy atom. The molecule has 1 saturated heterocycles. The topological polar surface area (TPSA) is 49.8 Å². The van der Waals surface area contributed by atoms with Gasteiger partial charge in [0.05, 0.1) is 0 Å². The summed E-state index contributed by atoms with van der Waals surface area (Å²) in [6, 6.07) is 0.704. The van der Waals surface area contributed by atoms with Crippen molar-refractivity contribution in [2.75, 3.05) is 18.4 Å². The molecule has 1 atom stereocenters. The Bertz CT molecular complexity index is 307. The summed E-state index contributed by atoms with van der Waals surface area (Å²) < 4.78 is 4.31. The molecule has 2 N–H and O–H groups in total. The summed E-state index contributed by atoms with van der Waals surface area (Å²) in [7, 11) is 0. The van der Waals surface area contributed by atoms with Crippen LogP contribution in [0.2, 0.25) is 0 Å². The van der Waals surface area contributed by atoms with Crippen LogP contribution in [0.25, 0.3) is 0 Å². The van der Waals surface area contributed by atoms with Gasteiger partial charge in [0, 0.05) is 30.5 Å². The van der Waals surface area contributed by atoms with Crippen LogP contribution in [0.5, 0.6) is 0 Å². The Hall–Kier alpha value is -0.680. The van der Waals surface area contributed by atoms with E-state index in [0.717, 1.165) is 30.3 Å². The van der Waals surface area contributed by atoms with Crippen molar-refractivity contribution < 1.29 is 0 Å². The van der Waals surface area contributed by atoms with Crippen LogP contribution in [0.1, 0.15) is 38.4 Å². The van der Waals surface area contributed by atoms with Crippen molar-refractivity contribution >= 4 is 16.7 Å². The molecular weight excluding hydrogens is 220 g/mol. The zero-order chi connectivity index (χ0) is 11.2. The SMILES string of the molecule is CCCc1nsc(NCC[C@@H]2CCCN2)n1. The Labute approximate surface area is 101 Å². The third kappa shape index (κ3) is 3.42. The first-order valence-corrected chi connectivity index (χ1v) is 6.95. The van der Waals surface area contributed by atoms with Gasteiger partial charge >= 0.3 is 0 Å². The third-order valence-corrected chi connectivity index (χ3v) is 3.58. The predicted octanol–water partition coefficient (Wildman–Crippen LogP) is 2.04. The molecule has 4 nitrogen and oxygen atoms in total. The highest BCUT2D eigenvalue weighted by atomic mass is 32.1. The maximum Gasteiger partial charge on any atom is 0.202 e. The fourth-order valence-electron chi connectivity index (χ4n) is 2.01. The Kier molecular flexibility index (Phi) is 4.54. The molecule has 5 heteroatoms. The first-order chi connectivity index (χ1) is 7.88. The maximum absolute atomic E-state index is 4.44. The minimum atomic E-state index is 0.704. The van der Waals surface area contributed by atoms with Crippen LogP contribution < -0.4 is 10.6 Å². The second kappa shape index (κ2) is 6.15. The van der Waals surface area contributed by atoms with Crippen molar-refractivity contribution in [1.82, 2.24) is 14.7 Å². The lowest BCUT2D eigenvalue weighted by molar-refractivity contribution is 0.574. The fourth-order valence-corrected chi connectivity index (χ4v) is 2.64. The molecule has 16 heavy (non-hydrogen) atoms. The van der Waals surface area contributed by atoms with Crippen molar-refractivity contribution in [3.8, 4) is 0 Å². The van der Waals surface area contributed by atoms with Gasteiger partial charge in [-0.15, -0.1) is 0 Å². The van der Waals surface area contributed by atoms with Gasteiger partial charge in [-0.3, -0.25) is 0 Å². The van der Waals surface area contributed by atoms with Gasteiger partial charge in [0.25, 0.3) is 0 Å². The molecule has 90 valence electrons. The number of aromatic nitrogens is 2. The lowest BCUT2D eigenvalue weighted by Gasteiger charge is -2.09. The number of hydrogen-bond acceptors (Lipinski definition) is 5. The molecule has 0 aliphatic carbocycles. The lowest BCUT2D eigenvalue weighted by Crippen LogP contribution is -2.24. The molecule has 2 heterocycles. The molecule has 0 aromatic carbocycles. The number of anilines is 1. The number of nitrogens with zero attached hydrogens (tertiary/aromatic N) is 2. The Morgan fingerprint density at radius 2 is 2.50 bits per heavy atom. The monoisotopic (exact) mass is 240 g/mol. The number of aryl methyl sites for hydroxylation is 1. The zero-order valence-electron chi connectivity index (χ0n) is 9.83. The van der Waals surface area contributed by atoms with Gasteiger partial charge in [-0.25, -0.2) is 4.98 Å². The van der Waals surface area contributed by atoms with Crippen LogP contribution >= 0.6 is 11.5 Å². The van der Waals surface area contributed by atoms with E-state index in [4.69, 9.17) is 0 Å². The summed E-state index contributed by atoms with van der Waals surface area (Å²) in [5.41, 5.74) is 0. The molecule has 0 bridgehead atoms. The van der Waals surface area contributed by atoms with Crippen LogP contribution in [0.15, 0.2) is 0 Å². The van der Waals surface area contributed by atoms with Crippen LogP contribution in [0.3, 0.4) is 0 Å². The second-order valence-corrected chi connectivity index (χ2v) is 5.03. The van der Waals surface area contributed by atoms with E-state index >= 15 is 0 Å². The second-order valence-electron chi connectivity index (χ2n) is 4.27. The highest BCUT2D eigenvalue weighted by molar-refractivity contribution is 7.09. The summed E-state index contributed by atoms with van der Waals surface area (Å²) in [6.07, 6.45) is 5.93. The van der Waals surface area contributed by atoms with E-state index in [1.165, 1.54) is 37.3 Å². The molecule has 1 aromatic heterocycles. The average Bonchev–Trinajstić information content (AvgIpc) is 2.90. The van der Waals surface area contributed by atoms with Crippen LogP contribution in [-0.4, -0.2) is 28.5 Å². The van der Waals surface area contributed by atoms with E-state index in [-0.39, 0.29) is 0 Å². The molecule has 0 radical (unpaired) electrons. The quantitative estimate of drug-likeness (QED) is 0.799. The molecule has 0 unspecified atom stereocenters. The molecule has 0 amide bonds. The summed E-state index contributed by atoms with van der Waals surface area (Å²) in [4.78, 5) is 4.44. The average molecular weight is 240 g/mol. The van der Waals surface area contributed by atoms with E-state index in [2.05, 4.69) is 26.9 Å². The third-order valence-electron chi connectivity index (χ3n) is 2.87. The molecule has 1 aliphatic heterocycles. The molecule has 1 aliphatic rings. The van der Waals surface area contributed by atoms with Crippen LogP contribution in [0.4, 0.5) is 5.13 Å². The largest absolute Gasteiger partial charge is 0.360 e. The predicted molar refractivity (Wildman–Crippen MR) is 68.0 cm³/mol. The standard InChI is InChI=1S/C11H20N4S/c1-2-4-10-14-11(16-15-10)13-8-6-9-5-3-7-12-9/h9,12H,2-8H2,1H3,(H,13,14,15)/t9-/m0/s1. The van der Waals surface area contributed by atoms with E-state index < -0.39 is 0 Å². The highest BCUT2D eigenvalue weighted by Crippen LogP contribution is 2.13. The van der Waals surface area contributed by atoms with Crippen molar-refractivity contribution in [3.05, 3.63) is 5.82 Å². The van der Waals surface area contributed by atoms with Gasteiger partial charge in [-0.05, 0) is 32.2 Å². The van der Waals surface area contributed by atoms with E-state index in [0.29, 0.717) is 6.04 Å². The molecule has 0 spiro atoms. The Balaban J connectivity index is 1.67. The molecule has 2 rings (SSSR count). The van der Waals surface area contributed by atoms with E-state index in [1.807, 2.05) is 0 Å². The van der Waals surface area contributed by atoms with Gasteiger partial charge in [-0.2, -0.15) is 4.37 Å². The molecule has 1 fully saturated rings. The van der Waals surface area contributed by atoms with Gasteiger partial charge < -0.3 is 10.6 Å². The van der Waals surface area contributed by atoms with Gasteiger partial charge in [0.1, 0.15) is 5.82 Å². The number of hydrogen-bond donors (Lipinski definition) is 2. The van der Waals surface area contributed by atoms with Crippen molar-refractivity contribution in [1.29, 1.82) is 0 Å². The zero-order valence-corrected chi connectivity index (χ0v) is 10.6. The van der Waals surface area contributed by atoms with Crippen molar-refractivity contribution in [2.45, 2.75) is 45.1 Å². The van der Waals surface area contributed by atoms with Gasteiger partial charge in [0.2, 0.25) is 5.13 Å². The first-order valence-electron chi connectivity index (χ1n) is 6.18. The molecule has 0 saturated carbocycles. The van der Waals surface area contributed by atoms with Crippen LogP contribution in [0, 0.1) is 0 Å². The minimum Gasteiger partial charge on any atom is -0.360 e. The fraction of sp³-hybridized carbons (Fsp3) is 0.818.